The molecule has 106 valence electrons. The van der Waals surface area contributed by atoms with E-state index in [1.54, 1.807) is 0 Å². The predicted octanol–water partition coefficient (Wildman–Crippen LogP) is 3.62. The first-order chi connectivity index (χ1) is 9.53. The minimum absolute atomic E-state index is 0.0942. The number of benzene rings is 2. The van der Waals surface area contributed by atoms with Gasteiger partial charge in [-0.15, -0.1) is 0 Å². The summed E-state index contributed by atoms with van der Waals surface area (Å²) in [7, 11) is 0. The quantitative estimate of drug-likeness (QED) is 0.905. The first-order valence-electron chi connectivity index (χ1n) is 6.38. The summed E-state index contributed by atoms with van der Waals surface area (Å²) in [6.45, 7) is 1.72. The molecule has 4 heteroatoms. The van der Waals surface area contributed by atoms with Crippen LogP contribution in [0.3, 0.4) is 0 Å². The molecular weight excluding hydrogens is 260 g/mol. The normalized spacial score (nSPS) is 11.4. The van der Waals surface area contributed by atoms with Crippen LogP contribution in [0, 0.1) is 6.92 Å². The SMILES string of the molecule is Cc1ccccc1COc1ccc(C(F)(F)CN)cc1. The van der Waals surface area contributed by atoms with Gasteiger partial charge in [0.25, 0.3) is 5.92 Å². The number of hydrogen-bond donors (Lipinski definition) is 1. The topological polar surface area (TPSA) is 35.2 Å². The van der Waals surface area contributed by atoms with Crippen molar-refractivity contribution in [1.82, 2.24) is 0 Å². The van der Waals surface area contributed by atoms with Crippen LogP contribution in [-0.2, 0) is 12.5 Å². The van der Waals surface area contributed by atoms with E-state index >= 15 is 0 Å². The molecule has 0 aliphatic carbocycles. The van der Waals surface area contributed by atoms with Gasteiger partial charge in [-0.1, -0.05) is 24.3 Å². The monoisotopic (exact) mass is 277 g/mol. The lowest BCUT2D eigenvalue weighted by Crippen LogP contribution is -2.24. The molecule has 0 bridgehead atoms. The van der Waals surface area contributed by atoms with Crippen LogP contribution in [0.5, 0.6) is 5.75 Å². The van der Waals surface area contributed by atoms with Crippen molar-refractivity contribution in [1.29, 1.82) is 0 Å². The molecule has 0 atom stereocenters. The molecule has 0 saturated heterocycles. The number of ether oxygens (including phenoxy) is 1. The molecule has 0 unspecified atom stereocenters. The standard InChI is InChI=1S/C16H17F2NO/c1-12-4-2-3-5-13(12)10-20-15-8-6-14(7-9-15)16(17,18)11-19/h2-9H,10-11,19H2,1H3. The molecule has 0 amide bonds. The summed E-state index contributed by atoms with van der Waals surface area (Å²) in [4.78, 5) is 0. The Morgan fingerprint density at radius 1 is 1.05 bits per heavy atom. The van der Waals surface area contributed by atoms with E-state index in [1.807, 2.05) is 31.2 Å². The van der Waals surface area contributed by atoms with Crippen LogP contribution in [0.4, 0.5) is 8.78 Å². The highest BCUT2D eigenvalue weighted by atomic mass is 19.3. The predicted molar refractivity (Wildman–Crippen MR) is 74.9 cm³/mol. The number of aryl methyl sites for hydroxylation is 1. The van der Waals surface area contributed by atoms with E-state index in [0.29, 0.717) is 12.4 Å². The molecule has 0 aliphatic rings. The Hall–Kier alpha value is -1.94. The summed E-state index contributed by atoms with van der Waals surface area (Å²) >= 11 is 0. The zero-order valence-electron chi connectivity index (χ0n) is 11.3. The molecular formula is C16H17F2NO. The Balaban J connectivity index is 2.03. The fourth-order valence-electron chi connectivity index (χ4n) is 1.85. The Labute approximate surface area is 117 Å². The van der Waals surface area contributed by atoms with Gasteiger partial charge in [-0.3, -0.25) is 0 Å². The lowest BCUT2D eigenvalue weighted by Gasteiger charge is -2.15. The molecule has 0 spiro atoms. The zero-order chi connectivity index (χ0) is 14.6. The van der Waals surface area contributed by atoms with Gasteiger partial charge in [-0.05, 0) is 42.3 Å². The van der Waals surface area contributed by atoms with Gasteiger partial charge in [0, 0.05) is 5.56 Å². The van der Waals surface area contributed by atoms with Gasteiger partial charge in [0.05, 0.1) is 6.54 Å². The van der Waals surface area contributed by atoms with E-state index in [4.69, 9.17) is 10.5 Å². The van der Waals surface area contributed by atoms with Crippen molar-refractivity contribution >= 4 is 0 Å². The van der Waals surface area contributed by atoms with E-state index in [0.717, 1.165) is 11.1 Å². The van der Waals surface area contributed by atoms with E-state index in [9.17, 15) is 8.78 Å². The van der Waals surface area contributed by atoms with Crippen LogP contribution < -0.4 is 10.5 Å². The van der Waals surface area contributed by atoms with Gasteiger partial charge in [-0.2, -0.15) is 8.78 Å². The lowest BCUT2D eigenvalue weighted by molar-refractivity contribution is 0.00591. The number of hydrogen-bond acceptors (Lipinski definition) is 2. The molecule has 2 aromatic rings. The maximum absolute atomic E-state index is 13.4. The smallest absolute Gasteiger partial charge is 0.285 e. The maximum Gasteiger partial charge on any atom is 0.285 e. The van der Waals surface area contributed by atoms with Crippen LogP contribution in [-0.4, -0.2) is 6.54 Å². The average Bonchev–Trinajstić information content (AvgIpc) is 2.47. The number of alkyl halides is 2. The van der Waals surface area contributed by atoms with Crippen molar-refractivity contribution in [2.75, 3.05) is 6.54 Å². The molecule has 20 heavy (non-hydrogen) atoms. The van der Waals surface area contributed by atoms with Gasteiger partial charge in [0.15, 0.2) is 0 Å². The molecule has 0 saturated carbocycles. The van der Waals surface area contributed by atoms with Gasteiger partial charge in [-0.25, -0.2) is 0 Å². The second-order valence-electron chi connectivity index (χ2n) is 4.65. The first-order valence-corrected chi connectivity index (χ1v) is 6.38. The first kappa shape index (κ1) is 14.5. The van der Waals surface area contributed by atoms with E-state index in [1.165, 1.54) is 24.3 Å². The average molecular weight is 277 g/mol. The molecule has 0 heterocycles. The Morgan fingerprint density at radius 3 is 2.30 bits per heavy atom. The van der Waals surface area contributed by atoms with Crippen LogP contribution >= 0.6 is 0 Å². The zero-order valence-corrected chi connectivity index (χ0v) is 11.3. The van der Waals surface area contributed by atoms with Crippen molar-refractivity contribution in [3.63, 3.8) is 0 Å². The van der Waals surface area contributed by atoms with Crippen LogP contribution in [0.15, 0.2) is 48.5 Å². The van der Waals surface area contributed by atoms with Crippen molar-refractivity contribution in [2.45, 2.75) is 19.5 Å². The molecule has 0 aromatic heterocycles. The Bertz CT molecular complexity index is 567. The molecule has 0 radical (unpaired) electrons. The lowest BCUT2D eigenvalue weighted by atomic mass is 10.1. The fraction of sp³-hybridized carbons (Fsp3) is 0.250. The largest absolute Gasteiger partial charge is 0.489 e. The third kappa shape index (κ3) is 3.33. The second kappa shape index (κ2) is 6.01. The third-order valence-electron chi connectivity index (χ3n) is 3.19. The summed E-state index contributed by atoms with van der Waals surface area (Å²) in [6, 6.07) is 13.7. The van der Waals surface area contributed by atoms with Crippen LogP contribution in [0.25, 0.3) is 0 Å². The number of rotatable bonds is 5. The highest BCUT2D eigenvalue weighted by molar-refractivity contribution is 5.31. The third-order valence-corrected chi connectivity index (χ3v) is 3.19. The van der Waals surface area contributed by atoms with Crippen molar-refractivity contribution in [3.05, 3.63) is 65.2 Å². The maximum atomic E-state index is 13.4. The minimum atomic E-state index is -2.99. The fourth-order valence-corrected chi connectivity index (χ4v) is 1.85. The molecule has 2 N–H and O–H groups in total. The minimum Gasteiger partial charge on any atom is -0.489 e. The van der Waals surface area contributed by atoms with Gasteiger partial charge in [0.1, 0.15) is 12.4 Å². The summed E-state index contributed by atoms with van der Waals surface area (Å²) in [5.74, 6) is -2.43. The van der Waals surface area contributed by atoms with Crippen LogP contribution in [0.1, 0.15) is 16.7 Å². The van der Waals surface area contributed by atoms with E-state index < -0.39 is 12.5 Å². The molecule has 2 rings (SSSR count). The van der Waals surface area contributed by atoms with Crippen molar-refractivity contribution < 1.29 is 13.5 Å². The molecule has 2 nitrogen and oxygen atoms in total. The second-order valence-corrected chi connectivity index (χ2v) is 4.65. The van der Waals surface area contributed by atoms with Gasteiger partial charge < -0.3 is 10.5 Å². The van der Waals surface area contributed by atoms with Crippen molar-refractivity contribution in [2.24, 2.45) is 5.73 Å². The van der Waals surface area contributed by atoms with Gasteiger partial charge in [0.2, 0.25) is 0 Å². The van der Waals surface area contributed by atoms with Crippen LogP contribution in [0.2, 0.25) is 0 Å². The Morgan fingerprint density at radius 2 is 1.70 bits per heavy atom. The Kier molecular flexibility index (Phi) is 4.35. The molecule has 2 aromatic carbocycles. The highest BCUT2D eigenvalue weighted by Crippen LogP contribution is 2.28. The number of nitrogens with two attached hydrogens (primary N) is 1. The molecule has 0 fully saturated rings. The number of halogens is 2. The van der Waals surface area contributed by atoms with Crippen molar-refractivity contribution in [3.8, 4) is 5.75 Å². The summed E-state index contributed by atoms with van der Waals surface area (Å²) in [5, 5.41) is 0. The van der Waals surface area contributed by atoms with Gasteiger partial charge >= 0.3 is 0 Å². The highest BCUT2D eigenvalue weighted by Gasteiger charge is 2.29. The molecule has 0 aliphatic heterocycles. The summed E-state index contributed by atoms with van der Waals surface area (Å²) < 4.78 is 32.3. The van der Waals surface area contributed by atoms with E-state index in [2.05, 4.69) is 0 Å². The summed E-state index contributed by atoms with van der Waals surface area (Å²) in [6.07, 6.45) is 0. The van der Waals surface area contributed by atoms with E-state index in [-0.39, 0.29) is 5.56 Å². The summed E-state index contributed by atoms with van der Waals surface area (Å²) in [5.41, 5.74) is 7.16.